The number of hydrogen-bond acceptors (Lipinski definition) is 2. The molecule has 0 amide bonds. The highest BCUT2D eigenvalue weighted by atomic mass is 16.5. The maximum absolute atomic E-state index is 9.60. The summed E-state index contributed by atoms with van der Waals surface area (Å²) in [5.41, 5.74) is 1.80. The monoisotopic (exact) mass is 208 g/mol. The molecule has 0 atom stereocenters. The van der Waals surface area contributed by atoms with Crippen molar-refractivity contribution in [3.63, 3.8) is 0 Å². The van der Waals surface area contributed by atoms with Crippen LogP contribution in [0.1, 0.15) is 38.8 Å². The third-order valence-electron chi connectivity index (χ3n) is 2.30. The Balaban J connectivity index is 3.14. The van der Waals surface area contributed by atoms with Crippen molar-refractivity contribution in [2.45, 2.75) is 46.6 Å². The van der Waals surface area contributed by atoms with E-state index in [1.165, 1.54) is 0 Å². The fourth-order valence-corrected chi connectivity index (χ4v) is 1.58. The first-order chi connectivity index (χ1) is 6.85. The van der Waals surface area contributed by atoms with Gasteiger partial charge in [-0.3, -0.25) is 0 Å². The molecule has 0 spiro atoms. The molecule has 84 valence electrons. The largest absolute Gasteiger partial charge is 0.508 e. The van der Waals surface area contributed by atoms with Crippen molar-refractivity contribution in [3.05, 3.63) is 23.3 Å². The maximum atomic E-state index is 9.60. The van der Waals surface area contributed by atoms with Crippen LogP contribution in [0.5, 0.6) is 11.5 Å². The average molecular weight is 208 g/mol. The Kier molecular flexibility index (Phi) is 3.28. The molecule has 0 aromatic heterocycles. The summed E-state index contributed by atoms with van der Waals surface area (Å²) in [4.78, 5) is 0. The molecule has 0 heterocycles. The van der Waals surface area contributed by atoms with Gasteiger partial charge in [0, 0.05) is 5.56 Å². The van der Waals surface area contributed by atoms with Crippen molar-refractivity contribution < 1.29 is 9.84 Å². The Labute approximate surface area is 91.9 Å². The van der Waals surface area contributed by atoms with E-state index in [0.717, 1.165) is 23.3 Å². The zero-order valence-electron chi connectivity index (χ0n) is 10.2. The van der Waals surface area contributed by atoms with Crippen molar-refractivity contribution in [2.75, 3.05) is 0 Å². The second kappa shape index (κ2) is 4.13. The highest BCUT2D eigenvalue weighted by molar-refractivity contribution is 5.47. The van der Waals surface area contributed by atoms with E-state index in [4.69, 9.17) is 4.74 Å². The third kappa shape index (κ3) is 2.88. The molecule has 0 bridgehead atoms. The highest BCUT2D eigenvalue weighted by Gasteiger charge is 2.16. The minimum absolute atomic E-state index is 0.201. The van der Waals surface area contributed by atoms with Gasteiger partial charge in [-0.1, -0.05) is 6.92 Å². The van der Waals surface area contributed by atoms with Gasteiger partial charge in [0.25, 0.3) is 0 Å². The quantitative estimate of drug-likeness (QED) is 0.806. The van der Waals surface area contributed by atoms with E-state index in [1.807, 2.05) is 33.8 Å². The lowest BCUT2D eigenvalue weighted by molar-refractivity contribution is 0.129. The predicted molar refractivity (Wildman–Crippen MR) is 62.6 cm³/mol. The Hall–Kier alpha value is -1.18. The molecule has 1 rings (SSSR count). The molecule has 2 nitrogen and oxygen atoms in total. The molecule has 0 unspecified atom stereocenters. The standard InChI is InChI=1S/C13H20O2/c1-6-10-9(2)11(14)7-8-12(10)15-13(3,4)5/h7-8,14H,6H2,1-5H3. The number of benzene rings is 1. The molecule has 2 heteroatoms. The van der Waals surface area contributed by atoms with Crippen LogP contribution in [0, 0.1) is 6.92 Å². The highest BCUT2D eigenvalue weighted by Crippen LogP contribution is 2.31. The summed E-state index contributed by atoms with van der Waals surface area (Å²) in [7, 11) is 0. The molecule has 1 N–H and O–H groups in total. The van der Waals surface area contributed by atoms with E-state index < -0.39 is 0 Å². The second-order valence-electron chi connectivity index (χ2n) is 4.75. The summed E-state index contributed by atoms with van der Waals surface area (Å²) in [5.74, 6) is 1.22. The van der Waals surface area contributed by atoms with E-state index >= 15 is 0 Å². The van der Waals surface area contributed by atoms with Gasteiger partial charge in [0.2, 0.25) is 0 Å². The summed E-state index contributed by atoms with van der Waals surface area (Å²) in [6, 6.07) is 3.53. The molecular weight excluding hydrogens is 188 g/mol. The number of ether oxygens (including phenoxy) is 1. The van der Waals surface area contributed by atoms with Crippen LogP contribution in [0.4, 0.5) is 0 Å². The molecule has 15 heavy (non-hydrogen) atoms. The van der Waals surface area contributed by atoms with Gasteiger partial charge in [-0.05, 0) is 51.8 Å². The Morgan fingerprint density at radius 3 is 2.33 bits per heavy atom. The Morgan fingerprint density at radius 1 is 1.27 bits per heavy atom. The molecule has 0 radical (unpaired) electrons. The third-order valence-corrected chi connectivity index (χ3v) is 2.30. The van der Waals surface area contributed by atoms with Crippen LogP contribution in [-0.2, 0) is 6.42 Å². The van der Waals surface area contributed by atoms with Crippen LogP contribution in [-0.4, -0.2) is 10.7 Å². The van der Waals surface area contributed by atoms with Gasteiger partial charge >= 0.3 is 0 Å². The van der Waals surface area contributed by atoms with Crippen LogP contribution >= 0.6 is 0 Å². The van der Waals surface area contributed by atoms with Crippen molar-refractivity contribution >= 4 is 0 Å². The van der Waals surface area contributed by atoms with Gasteiger partial charge in [0.15, 0.2) is 0 Å². The molecular formula is C13H20O2. The SMILES string of the molecule is CCc1c(OC(C)(C)C)ccc(O)c1C. The van der Waals surface area contributed by atoms with E-state index in [2.05, 4.69) is 6.92 Å². The second-order valence-corrected chi connectivity index (χ2v) is 4.75. The lowest BCUT2D eigenvalue weighted by Crippen LogP contribution is -2.23. The van der Waals surface area contributed by atoms with Crippen molar-refractivity contribution in [1.82, 2.24) is 0 Å². The van der Waals surface area contributed by atoms with Crippen LogP contribution in [0.15, 0.2) is 12.1 Å². The van der Waals surface area contributed by atoms with E-state index in [9.17, 15) is 5.11 Å². The number of phenolic OH excluding ortho intramolecular Hbond substituents is 1. The first-order valence-electron chi connectivity index (χ1n) is 5.35. The van der Waals surface area contributed by atoms with Crippen molar-refractivity contribution in [3.8, 4) is 11.5 Å². The summed E-state index contributed by atoms with van der Waals surface area (Å²) < 4.78 is 5.85. The molecule has 0 saturated heterocycles. The van der Waals surface area contributed by atoms with Gasteiger partial charge < -0.3 is 9.84 Å². The maximum Gasteiger partial charge on any atom is 0.123 e. The molecule has 0 aliphatic carbocycles. The zero-order chi connectivity index (χ0) is 11.6. The molecule has 0 saturated carbocycles. The summed E-state index contributed by atoms with van der Waals surface area (Å²) in [6.45, 7) is 10.1. The summed E-state index contributed by atoms with van der Waals surface area (Å²) in [6.07, 6.45) is 0.867. The topological polar surface area (TPSA) is 29.5 Å². The van der Waals surface area contributed by atoms with E-state index in [1.54, 1.807) is 6.07 Å². The fraction of sp³-hybridized carbons (Fsp3) is 0.538. The lowest BCUT2D eigenvalue weighted by Gasteiger charge is -2.24. The van der Waals surface area contributed by atoms with E-state index in [-0.39, 0.29) is 5.60 Å². The Morgan fingerprint density at radius 2 is 1.87 bits per heavy atom. The van der Waals surface area contributed by atoms with Crippen molar-refractivity contribution in [1.29, 1.82) is 0 Å². The normalized spacial score (nSPS) is 11.5. The van der Waals surface area contributed by atoms with Gasteiger partial charge in [0.05, 0.1) is 0 Å². The number of aromatic hydroxyl groups is 1. The molecule has 1 aromatic rings. The van der Waals surface area contributed by atoms with Crippen molar-refractivity contribution in [2.24, 2.45) is 0 Å². The van der Waals surface area contributed by atoms with E-state index in [0.29, 0.717) is 5.75 Å². The van der Waals surface area contributed by atoms with Crippen LogP contribution < -0.4 is 4.74 Å². The van der Waals surface area contributed by atoms with Crippen LogP contribution in [0.25, 0.3) is 0 Å². The van der Waals surface area contributed by atoms with Gasteiger partial charge in [-0.2, -0.15) is 0 Å². The predicted octanol–water partition coefficient (Wildman–Crippen LogP) is 3.44. The molecule has 1 aromatic carbocycles. The number of hydrogen-bond donors (Lipinski definition) is 1. The Bertz CT molecular complexity index is 348. The fourth-order valence-electron chi connectivity index (χ4n) is 1.58. The average Bonchev–Trinajstić information content (AvgIpc) is 2.10. The first kappa shape index (κ1) is 11.9. The lowest BCUT2D eigenvalue weighted by atomic mass is 10.0. The van der Waals surface area contributed by atoms with Crippen LogP contribution in [0.3, 0.4) is 0 Å². The van der Waals surface area contributed by atoms with Gasteiger partial charge in [-0.25, -0.2) is 0 Å². The van der Waals surface area contributed by atoms with Gasteiger partial charge in [0.1, 0.15) is 17.1 Å². The summed E-state index contributed by atoms with van der Waals surface area (Å²) in [5, 5.41) is 9.60. The van der Waals surface area contributed by atoms with Gasteiger partial charge in [-0.15, -0.1) is 0 Å². The smallest absolute Gasteiger partial charge is 0.123 e. The molecule has 0 fully saturated rings. The number of phenols is 1. The zero-order valence-corrected chi connectivity index (χ0v) is 10.2. The minimum atomic E-state index is -0.201. The summed E-state index contributed by atoms with van der Waals surface area (Å²) >= 11 is 0. The first-order valence-corrected chi connectivity index (χ1v) is 5.35. The molecule has 0 aliphatic heterocycles. The number of rotatable bonds is 2. The molecule has 0 aliphatic rings. The minimum Gasteiger partial charge on any atom is -0.508 e. The van der Waals surface area contributed by atoms with Crippen LogP contribution in [0.2, 0.25) is 0 Å².